The first kappa shape index (κ1) is 12.9. The van der Waals surface area contributed by atoms with Gasteiger partial charge in [0.1, 0.15) is 6.10 Å². The molecule has 2 aromatic carbocycles. The highest BCUT2D eigenvalue weighted by molar-refractivity contribution is 7.18. The number of aliphatic hydroxyl groups is 1. The van der Waals surface area contributed by atoms with E-state index in [4.69, 9.17) is 0 Å². The Kier molecular flexibility index (Phi) is 3.78. The Morgan fingerprint density at radius 1 is 1.05 bits per heavy atom. The summed E-state index contributed by atoms with van der Waals surface area (Å²) in [6, 6.07) is 17.7. The minimum Gasteiger partial charge on any atom is -0.380 e. The van der Waals surface area contributed by atoms with Gasteiger partial charge in [0.05, 0.1) is 15.2 Å². The first-order chi connectivity index (χ1) is 9.81. The van der Waals surface area contributed by atoms with E-state index in [0.717, 1.165) is 20.8 Å². The maximum Gasteiger partial charge on any atom is 0.121 e. The summed E-state index contributed by atoms with van der Waals surface area (Å²) < 4.78 is 1.14. The second kappa shape index (κ2) is 5.87. The number of rotatable bonds is 2. The number of hydrogen-bond donors (Lipinski definition) is 1. The first-order valence-electron chi connectivity index (χ1n) is 6.40. The zero-order chi connectivity index (χ0) is 13.8. The van der Waals surface area contributed by atoms with E-state index in [-0.39, 0.29) is 0 Å². The molecular formula is C17H13NOS. The summed E-state index contributed by atoms with van der Waals surface area (Å²) in [6.07, 6.45) is -0.213. The zero-order valence-electron chi connectivity index (χ0n) is 10.8. The van der Waals surface area contributed by atoms with Crippen molar-refractivity contribution < 1.29 is 5.11 Å². The Morgan fingerprint density at radius 2 is 1.80 bits per heavy atom. The Labute approximate surface area is 121 Å². The van der Waals surface area contributed by atoms with Gasteiger partial charge in [-0.2, -0.15) is 0 Å². The summed E-state index contributed by atoms with van der Waals surface area (Å²) in [4.78, 5) is 4.50. The summed E-state index contributed by atoms with van der Waals surface area (Å²) in [5, 5.41) is 10.9. The van der Waals surface area contributed by atoms with Crippen LogP contribution >= 0.6 is 11.3 Å². The molecule has 3 heteroatoms. The molecule has 1 heterocycles. The van der Waals surface area contributed by atoms with Crippen LogP contribution in [0.15, 0.2) is 54.6 Å². The Balaban J connectivity index is 1.73. The molecule has 1 aromatic heterocycles. The van der Waals surface area contributed by atoms with Gasteiger partial charge in [0.15, 0.2) is 0 Å². The third kappa shape index (κ3) is 3.05. The van der Waals surface area contributed by atoms with Crippen molar-refractivity contribution >= 4 is 21.6 Å². The molecule has 0 aliphatic heterocycles. The SMILES string of the molecule is O[C@@H](C#Cc1ccccc1)Cc1nc2ccccc2s1. The van der Waals surface area contributed by atoms with E-state index in [9.17, 15) is 5.11 Å². The lowest BCUT2D eigenvalue weighted by atomic mass is 10.2. The molecule has 2 nitrogen and oxygen atoms in total. The summed E-state index contributed by atoms with van der Waals surface area (Å²) in [5.74, 6) is 5.84. The number of fused-ring (bicyclic) bond motifs is 1. The van der Waals surface area contributed by atoms with Crippen LogP contribution in [0, 0.1) is 11.8 Å². The number of aromatic nitrogens is 1. The van der Waals surface area contributed by atoms with Crippen molar-refractivity contribution in [3.63, 3.8) is 0 Å². The number of nitrogens with zero attached hydrogens (tertiary/aromatic N) is 1. The topological polar surface area (TPSA) is 33.1 Å². The Morgan fingerprint density at radius 3 is 2.60 bits per heavy atom. The summed E-state index contributed by atoms with van der Waals surface area (Å²) >= 11 is 1.61. The van der Waals surface area contributed by atoms with Gasteiger partial charge < -0.3 is 5.11 Å². The molecule has 0 radical (unpaired) electrons. The molecule has 1 atom stereocenters. The van der Waals surface area contributed by atoms with Gasteiger partial charge >= 0.3 is 0 Å². The van der Waals surface area contributed by atoms with Gasteiger partial charge in [0.25, 0.3) is 0 Å². The van der Waals surface area contributed by atoms with Gasteiger partial charge in [-0.3, -0.25) is 0 Å². The molecule has 3 aromatic rings. The van der Waals surface area contributed by atoms with E-state index < -0.39 is 6.10 Å². The van der Waals surface area contributed by atoms with Gasteiger partial charge in [-0.15, -0.1) is 11.3 Å². The van der Waals surface area contributed by atoms with Crippen LogP contribution in [-0.2, 0) is 6.42 Å². The van der Waals surface area contributed by atoms with Crippen LogP contribution in [0.3, 0.4) is 0 Å². The van der Waals surface area contributed by atoms with Crippen LogP contribution in [0.5, 0.6) is 0 Å². The molecule has 0 unspecified atom stereocenters. The zero-order valence-corrected chi connectivity index (χ0v) is 11.6. The number of aliphatic hydroxyl groups excluding tert-OH is 1. The summed E-state index contributed by atoms with van der Waals surface area (Å²) in [7, 11) is 0. The lowest BCUT2D eigenvalue weighted by molar-refractivity contribution is 0.233. The molecular weight excluding hydrogens is 266 g/mol. The minimum atomic E-state index is -0.684. The minimum absolute atomic E-state index is 0.471. The van der Waals surface area contributed by atoms with Crippen molar-refractivity contribution in [3.8, 4) is 11.8 Å². The fourth-order valence-electron chi connectivity index (χ4n) is 1.91. The molecule has 0 aliphatic rings. The van der Waals surface area contributed by atoms with Crippen LogP contribution < -0.4 is 0 Å². The van der Waals surface area contributed by atoms with E-state index in [2.05, 4.69) is 16.8 Å². The van der Waals surface area contributed by atoms with Crippen molar-refractivity contribution in [1.82, 2.24) is 4.98 Å². The van der Waals surface area contributed by atoms with E-state index in [1.807, 2.05) is 54.6 Å². The van der Waals surface area contributed by atoms with Crippen molar-refractivity contribution in [2.24, 2.45) is 0 Å². The molecule has 0 amide bonds. The lowest BCUT2D eigenvalue weighted by Gasteiger charge is -1.98. The summed E-state index contributed by atoms with van der Waals surface area (Å²) in [6.45, 7) is 0. The predicted octanol–water partition coefficient (Wildman–Crippen LogP) is 3.25. The average Bonchev–Trinajstić information content (AvgIpc) is 2.88. The molecule has 0 saturated carbocycles. The molecule has 3 rings (SSSR count). The maximum atomic E-state index is 9.98. The fraction of sp³-hybridized carbons (Fsp3) is 0.118. The number of thiazole rings is 1. The standard InChI is InChI=1S/C17H13NOS/c19-14(11-10-13-6-2-1-3-7-13)12-17-18-15-8-4-5-9-16(15)20-17/h1-9,14,19H,12H2/t14-/m0/s1. The van der Waals surface area contributed by atoms with Gasteiger partial charge in [-0.05, 0) is 24.3 Å². The molecule has 98 valence electrons. The van der Waals surface area contributed by atoms with Gasteiger partial charge in [-0.1, -0.05) is 42.2 Å². The van der Waals surface area contributed by atoms with Crippen molar-refractivity contribution in [2.75, 3.05) is 0 Å². The Bertz CT molecular complexity index is 735. The van der Waals surface area contributed by atoms with Crippen LogP contribution in [0.1, 0.15) is 10.6 Å². The van der Waals surface area contributed by atoms with Crippen LogP contribution in [-0.4, -0.2) is 16.2 Å². The molecule has 0 bridgehead atoms. The van der Waals surface area contributed by atoms with E-state index in [1.165, 1.54) is 0 Å². The molecule has 20 heavy (non-hydrogen) atoms. The van der Waals surface area contributed by atoms with E-state index in [0.29, 0.717) is 6.42 Å². The lowest BCUT2D eigenvalue weighted by Crippen LogP contribution is -2.06. The highest BCUT2D eigenvalue weighted by Gasteiger charge is 2.07. The molecule has 0 spiro atoms. The van der Waals surface area contributed by atoms with E-state index in [1.54, 1.807) is 11.3 Å². The normalized spacial score (nSPS) is 11.8. The number of para-hydroxylation sites is 1. The van der Waals surface area contributed by atoms with Gasteiger partial charge in [-0.25, -0.2) is 4.98 Å². The Hall–Kier alpha value is -2.15. The number of benzene rings is 2. The molecule has 0 aliphatic carbocycles. The van der Waals surface area contributed by atoms with Crippen LogP contribution in [0.2, 0.25) is 0 Å². The van der Waals surface area contributed by atoms with E-state index >= 15 is 0 Å². The fourth-order valence-corrected chi connectivity index (χ4v) is 2.92. The maximum absolute atomic E-state index is 9.98. The van der Waals surface area contributed by atoms with Crippen LogP contribution in [0.4, 0.5) is 0 Å². The molecule has 0 fully saturated rings. The quantitative estimate of drug-likeness (QED) is 0.730. The molecule has 1 N–H and O–H groups in total. The first-order valence-corrected chi connectivity index (χ1v) is 7.22. The smallest absolute Gasteiger partial charge is 0.121 e. The van der Waals surface area contributed by atoms with Crippen molar-refractivity contribution in [3.05, 3.63) is 65.2 Å². The van der Waals surface area contributed by atoms with Crippen LogP contribution in [0.25, 0.3) is 10.2 Å². The van der Waals surface area contributed by atoms with Crippen molar-refractivity contribution in [1.29, 1.82) is 0 Å². The largest absolute Gasteiger partial charge is 0.380 e. The monoisotopic (exact) mass is 279 g/mol. The van der Waals surface area contributed by atoms with Crippen molar-refractivity contribution in [2.45, 2.75) is 12.5 Å². The third-order valence-corrected chi connectivity index (χ3v) is 3.92. The second-order valence-corrected chi connectivity index (χ2v) is 5.55. The van der Waals surface area contributed by atoms with Gasteiger partial charge in [0.2, 0.25) is 0 Å². The molecule has 0 saturated heterocycles. The predicted molar refractivity (Wildman–Crippen MR) is 82.7 cm³/mol. The third-order valence-electron chi connectivity index (χ3n) is 2.86. The average molecular weight is 279 g/mol. The van der Waals surface area contributed by atoms with Gasteiger partial charge in [0, 0.05) is 12.0 Å². The number of hydrogen-bond acceptors (Lipinski definition) is 3. The highest BCUT2D eigenvalue weighted by Crippen LogP contribution is 2.22. The highest BCUT2D eigenvalue weighted by atomic mass is 32.1. The second-order valence-electron chi connectivity index (χ2n) is 4.43. The summed E-state index contributed by atoms with van der Waals surface area (Å²) in [5.41, 5.74) is 1.89.